The van der Waals surface area contributed by atoms with E-state index >= 15 is 0 Å². The van der Waals surface area contributed by atoms with Crippen molar-refractivity contribution in [1.29, 1.82) is 0 Å². The number of piperazine rings is 1. The van der Waals surface area contributed by atoms with Crippen molar-refractivity contribution in [3.63, 3.8) is 0 Å². The highest BCUT2D eigenvalue weighted by molar-refractivity contribution is 5.82. The third kappa shape index (κ3) is 4.78. The number of methoxy groups -OCH3 is 2. The van der Waals surface area contributed by atoms with Gasteiger partial charge in [-0.25, -0.2) is 0 Å². The number of nitrogens with one attached hydrogen (secondary N) is 1. The molecule has 0 aromatic heterocycles. The number of carbonyl (C=O) groups is 1. The van der Waals surface area contributed by atoms with E-state index in [9.17, 15) is 4.79 Å². The first kappa shape index (κ1) is 23.1. The van der Waals surface area contributed by atoms with Gasteiger partial charge in [-0.05, 0) is 60.4 Å². The van der Waals surface area contributed by atoms with Crippen molar-refractivity contribution in [3.05, 3.63) is 83.9 Å². The molecule has 6 nitrogen and oxygen atoms in total. The van der Waals surface area contributed by atoms with Crippen LogP contribution in [0, 0.1) is 5.92 Å². The topological polar surface area (TPSA) is 54.0 Å². The Morgan fingerprint density at radius 3 is 2.51 bits per heavy atom. The third-order valence-corrected chi connectivity index (χ3v) is 7.28. The Kier molecular flexibility index (Phi) is 6.80. The molecule has 2 heterocycles. The van der Waals surface area contributed by atoms with Gasteiger partial charge in [-0.2, -0.15) is 0 Å². The lowest BCUT2D eigenvalue weighted by Gasteiger charge is -2.49. The molecule has 1 fully saturated rings. The second-order valence-corrected chi connectivity index (χ2v) is 9.20. The molecular weight excluding hydrogens is 438 g/mol. The van der Waals surface area contributed by atoms with E-state index in [0.717, 1.165) is 49.5 Å². The molecule has 2 aliphatic rings. The molecule has 1 amide bonds. The van der Waals surface area contributed by atoms with E-state index in [-0.39, 0.29) is 17.9 Å². The van der Waals surface area contributed by atoms with E-state index in [1.807, 2.05) is 30.3 Å². The van der Waals surface area contributed by atoms with Gasteiger partial charge >= 0.3 is 0 Å². The largest absolute Gasteiger partial charge is 0.497 e. The summed E-state index contributed by atoms with van der Waals surface area (Å²) in [5.74, 6) is 1.73. The summed E-state index contributed by atoms with van der Waals surface area (Å²) in [7, 11) is 3.37. The Hall–Kier alpha value is -3.67. The highest BCUT2D eigenvalue weighted by Crippen LogP contribution is 2.37. The summed E-state index contributed by atoms with van der Waals surface area (Å²) in [6, 6.07) is 24.8. The molecule has 35 heavy (non-hydrogen) atoms. The molecule has 0 radical (unpaired) electrons. The number of anilines is 2. The van der Waals surface area contributed by atoms with Crippen LogP contribution in [0.2, 0.25) is 0 Å². The van der Waals surface area contributed by atoms with Gasteiger partial charge in [0, 0.05) is 37.6 Å². The highest BCUT2D eigenvalue weighted by atomic mass is 16.5. The minimum atomic E-state index is -0.108. The van der Waals surface area contributed by atoms with Gasteiger partial charge in [-0.1, -0.05) is 36.4 Å². The normalized spacial score (nSPS) is 18.9. The molecular formula is C29H33N3O3. The van der Waals surface area contributed by atoms with Crippen LogP contribution in [0.1, 0.15) is 11.1 Å². The fraction of sp³-hybridized carbons (Fsp3) is 0.345. The zero-order valence-electron chi connectivity index (χ0n) is 20.4. The fourth-order valence-corrected chi connectivity index (χ4v) is 5.45. The monoisotopic (exact) mass is 471 g/mol. The molecule has 0 spiro atoms. The fourth-order valence-electron chi connectivity index (χ4n) is 5.45. The number of hydrogen-bond acceptors (Lipinski definition) is 5. The smallest absolute Gasteiger partial charge is 0.225 e. The van der Waals surface area contributed by atoms with Crippen LogP contribution in [0.5, 0.6) is 11.5 Å². The van der Waals surface area contributed by atoms with Crippen LogP contribution in [0.3, 0.4) is 0 Å². The molecule has 1 N–H and O–H groups in total. The van der Waals surface area contributed by atoms with Crippen LogP contribution in [0.15, 0.2) is 72.8 Å². The number of para-hydroxylation sites is 2. The highest BCUT2D eigenvalue weighted by Gasteiger charge is 2.41. The van der Waals surface area contributed by atoms with Crippen molar-refractivity contribution in [2.45, 2.75) is 18.9 Å². The number of fused-ring (bicyclic) bond motifs is 3. The van der Waals surface area contributed by atoms with E-state index in [1.54, 1.807) is 14.2 Å². The van der Waals surface area contributed by atoms with Crippen LogP contribution in [0.25, 0.3) is 0 Å². The SMILES string of the molecule is COc1ccc(N2CCN3c4ccccc4C[C@H](C(=O)NCCc4ccccc4OC)[C@@H]3C2)cc1. The summed E-state index contributed by atoms with van der Waals surface area (Å²) in [6.07, 6.45) is 1.50. The van der Waals surface area contributed by atoms with Gasteiger partial charge in [0.1, 0.15) is 11.5 Å². The average molecular weight is 472 g/mol. The summed E-state index contributed by atoms with van der Waals surface area (Å²) >= 11 is 0. The van der Waals surface area contributed by atoms with Gasteiger partial charge in [0.15, 0.2) is 0 Å². The van der Waals surface area contributed by atoms with Crippen molar-refractivity contribution in [1.82, 2.24) is 5.32 Å². The summed E-state index contributed by atoms with van der Waals surface area (Å²) in [6.45, 7) is 3.20. The Balaban J connectivity index is 1.32. The second kappa shape index (κ2) is 10.3. The number of benzene rings is 3. The van der Waals surface area contributed by atoms with Gasteiger partial charge in [0.05, 0.1) is 26.2 Å². The molecule has 5 rings (SSSR count). The molecule has 0 unspecified atom stereocenters. The number of carbonyl (C=O) groups excluding carboxylic acids is 1. The molecule has 1 saturated heterocycles. The molecule has 3 aromatic carbocycles. The van der Waals surface area contributed by atoms with E-state index < -0.39 is 0 Å². The van der Waals surface area contributed by atoms with Crippen LogP contribution in [-0.4, -0.2) is 52.3 Å². The first-order valence-corrected chi connectivity index (χ1v) is 12.3. The summed E-state index contributed by atoms with van der Waals surface area (Å²) in [5.41, 5.74) is 4.80. The standard InChI is InChI=1S/C29H33N3O3/c1-34-24-13-11-23(12-14-24)31-17-18-32-26-9-5-3-8-22(26)19-25(27(32)20-31)29(33)30-16-15-21-7-4-6-10-28(21)35-2/h3-14,25,27H,15-20H2,1-2H3,(H,30,33)/t25-,27-/m0/s1. The number of nitrogens with zero attached hydrogens (tertiary/aromatic N) is 2. The van der Waals surface area contributed by atoms with E-state index in [4.69, 9.17) is 9.47 Å². The van der Waals surface area contributed by atoms with Gasteiger partial charge < -0.3 is 24.6 Å². The Morgan fingerprint density at radius 2 is 1.71 bits per heavy atom. The zero-order chi connectivity index (χ0) is 24.2. The summed E-state index contributed by atoms with van der Waals surface area (Å²) in [4.78, 5) is 18.4. The Bertz CT molecular complexity index is 1160. The average Bonchev–Trinajstić information content (AvgIpc) is 2.92. The summed E-state index contributed by atoms with van der Waals surface area (Å²) < 4.78 is 10.8. The first-order chi connectivity index (χ1) is 17.2. The van der Waals surface area contributed by atoms with E-state index in [1.165, 1.54) is 16.9 Å². The molecule has 0 bridgehead atoms. The molecule has 3 aromatic rings. The Morgan fingerprint density at radius 1 is 0.943 bits per heavy atom. The molecule has 2 atom stereocenters. The minimum Gasteiger partial charge on any atom is -0.497 e. The lowest BCUT2D eigenvalue weighted by atomic mass is 9.83. The number of hydrogen-bond donors (Lipinski definition) is 1. The van der Waals surface area contributed by atoms with Crippen molar-refractivity contribution >= 4 is 17.3 Å². The maximum Gasteiger partial charge on any atom is 0.225 e. The number of rotatable bonds is 7. The molecule has 0 aliphatic carbocycles. The van der Waals surface area contributed by atoms with E-state index in [0.29, 0.717) is 6.54 Å². The van der Waals surface area contributed by atoms with E-state index in [2.05, 4.69) is 57.6 Å². The van der Waals surface area contributed by atoms with Gasteiger partial charge in [-0.15, -0.1) is 0 Å². The first-order valence-electron chi connectivity index (χ1n) is 12.3. The zero-order valence-corrected chi connectivity index (χ0v) is 20.4. The predicted octanol–water partition coefficient (Wildman–Crippen LogP) is 3.93. The lowest BCUT2D eigenvalue weighted by molar-refractivity contribution is -0.125. The maximum absolute atomic E-state index is 13.5. The summed E-state index contributed by atoms with van der Waals surface area (Å²) in [5, 5.41) is 3.23. The van der Waals surface area contributed by atoms with Crippen LogP contribution in [-0.2, 0) is 17.6 Å². The van der Waals surface area contributed by atoms with Crippen molar-refractivity contribution in [2.24, 2.45) is 5.92 Å². The van der Waals surface area contributed by atoms with Gasteiger partial charge in [0.25, 0.3) is 0 Å². The van der Waals surface area contributed by atoms with Crippen LogP contribution >= 0.6 is 0 Å². The maximum atomic E-state index is 13.5. The lowest BCUT2D eigenvalue weighted by Crippen LogP contribution is -2.61. The molecule has 2 aliphatic heterocycles. The van der Waals surface area contributed by atoms with Crippen molar-refractivity contribution in [3.8, 4) is 11.5 Å². The van der Waals surface area contributed by atoms with Gasteiger partial charge in [-0.3, -0.25) is 4.79 Å². The molecule has 6 heteroatoms. The van der Waals surface area contributed by atoms with Crippen LogP contribution in [0.4, 0.5) is 11.4 Å². The molecule has 182 valence electrons. The van der Waals surface area contributed by atoms with Gasteiger partial charge in [0.2, 0.25) is 5.91 Å². The van der Waals surface area contributed by atoms with Crippen molar-refractivity contribution in [2.75, 3.05) is 50.2 Å². The second-order valence-electron chi connectivity index (χ2n) is 9.20. The number of amides is 1. The number of ether oxygens (including phenoxy) is 2. The minimum absolute atomic E-state index is 0.108. The van der Waals surface area contributed by atoms with Crippen molar-refractivity contribution < 1.29 is 14.3 Å². The Labute approximate surface area is 207 Å². The third-order valence-electron chi connectivity index (χ3n) is 7.28. The molecule has 0 saturated carbocycles. The quantitative estimate of drug-likeness (QED) is 0.566. The van der Waals surface area contributed by atoms with Crippen LogP contribution < -0.4 is 24.6 Å². The predicted molar refractivity (Wildman–Crippen MR) is 140 cm³/mol.